The number of hydrogen-bond acceptors (Lipinski definition) is 5. The van der Waals surface area contributed by atoms with E-state index in [4.69, 9.17) is 23.2 Å². The van der Waals surface area contributed by atoms with Gasteiger partial charge >= 0.3 is 0 Å². The SMILES string of the molecule is O=C(CSc1nnc(-c2ccc(Cl)cc2Cl)n1-c1ccccc1)NCc1cccs1. The van der Waals surface area contributed by atoms with Crippen molar-refractivity contribution >= 4 is 52.2 Å². The molecular formula is C21H16Cl2N4OS2. The number of carbonyl (C=O) groups excluding carboxylic acids is 1. The number of nitrogens with zero attached hydrogens (tertiary/aromatic N) is 3. The standard InChI is InChI=1S/C21H16Cl2N4OS2/c22-14-8-9-17(18(23)11-14)20-25-26-21(27(20)15-5-2-1-3-6-15)30-13-19(28)24-12-16-7-4-10-29-16/h1-11H,12-13H2,(H,24,28). The molecule has 2 aromatic heterocycles. The van der Waals surface area contributed by atoms with Gasteiger partial charge in [-0.3, -0.25) is 9.36 Å². The highest BCUT2D eigenvalue weighted by molar-refractivity contribution is 7.99. The molecule has 0 aliphatic heterocycles. The highest BCUT2D eigenvalue weighted by Crippen LogP contribution is 2.33. The monoisotopic (exact) mass is 474 g/mol. The van der Waals surface area contributed by atoms with Crippen LogP contribution >= 0.6 is 46.3 Å². The Labute approximate surface area is 192 Å². The van der Waals surface area contributed by atoms with E-state index in [2.05, 4.69) is 15.5 Å². The second kappa shape index (κ2) is 9.66. The van der Waals surface area contributed by atoms with Crippen LogP contribution in [-0.2, 0) is 11.3 Å². The lowest BCUT2D eigenvalue weighted by Crippen LogP contribution is -2.24. The van der Waals surface area contributed by atoms with Gasteiger partial charge in [-0.15, -0.1) is 21.5 Å². The number of hydrogen-bond donors (Lipinski definition) is 1. The van der Waals surface area contributed by atoms with Gasteiger partial charge in [0.2, 0.25) is 5.91 Å². The van der Waals surface area contributed by atoms with Crippen LogP contribution in [0.3, 0.4) is 0 Å². The van der Waals surface area contributed by atoms with Crippen molar-refractivity contribution in [2.24, 2.45) is 0 Å². The Balaban J connectivity index is 1.58. The molecule has 2 heterocycles. The topological polar surface area (TPSA) is 59.8 Å². The third-order valence-electron chi connectivity index (χ3n) is 4.19. The number of carbonyl (C=O) groups is 1. The van der Waals surface area contributed by atoms with Gasteiger partial charge in [0.05, 0.1) is 17.3 Å². The molecule has 9 heteroatoms. The number of thioether (sulfide) groups is 1. The van der Waals surface area contributed by atoms with Gasteiger partial charge < -0.3 is 5.32 Å². The van der Waals surface area contributed by atoms with Crippen molar-refractivity contribution < 1.29 is 4.79 Å². The van der Waals surface area contributed by atoms with E-state index in [9.17, 15) is 4.79 Å². The molecule has 0 bridgehead atoms. The van der Waals surface area contributed by atoms with Crippen LogP contribution in [0.2, 0.25) is 10.0 Å². The fourth-order valence-electron chi connectivity index (χ4n) is 2.80. The van der Waals surface area contributed by atoms with Crippen molar-refractivity contribution in [2.45, 2.75) is 11.7 Å². The van der Waals surface area contributed by atoms with Crippen molar-refractivity contribution in [3.8, 4) is 17.1 Å². The molecule has 0 aliphatic rings. The van der Waals surface area contributed by atoms with Crippen LogP contribution in [0.4, 0.5) is 0 Å². The van der Waals surface area contributed by atoms with Gasteiger partial charge in [-0.2, -0.15) is 0 Å². The minimum Gasteiger partial charge on any atom is -0.350 e. The van der Waals surface area contributed by atoms with E-state index in [0.29, 0.717) is 33.1 Å². The van der Waals surface area contributed by atoms with Gasteiger partial charge in [-0.1, -0.05) is 59.2 Å². The summed E-state index contributed by atoms with van der Waals surface area (Å²) in [7, 11) is 0. The molecule has 0 saturated heterocycles. The van der Waals surface area contributed by atoms with Gasteiger partial charge in [0.25, 0.3) is 0 Å². The summed E-state index contributed by atoms with van der Waals surface area (Å²) >= 11 is 15.4. The second-order valence-electron chi connectivity index (χ2n) is 6.25. The Hall–Kier alpha value is -2.32. The molecule has 0 saturated carbocycles. The molecule has 1 amide bonds. The summed E-state index contributed by atoms with van der Waals surface area (Å²) in [6.45, 7) is 0.522. The molecule has 30 heavy (non-hydrogen) atoms. The van der Waals surface area contributed by atoms with Crippen LogP contribution in [0.5, 0.6) is 0 Å². The van der Waals surface area contributed by atoms with Crippen LogP contribution in [-0.4, -0.2) is 26.4 Å². The lowest BCUT2D eigenvalue weighted by molar-refractivity contribution is -0.118. The number of thiophene rings is 1. The van der Waals surface area contributed by atoms with E-state index in [0.717, 1.165) is 10.6 Å². The zero-order valence-corrected chi connectivity index (χ0v) is 18.7. The Kier molecular flexibility index (Phi) is 6.74. The van der Waals surface area contributed by atoms with Gasteiger partial charge in [-0.05, 0) is 41.8 Å². The van der Waals surface area contributed by atoms with Crippen molar-refractivity contribution in [3.05, 3.63) is 81.0 Å². The first-order chi connectivity index (χ1) is 14.6. The molecule has 0 fully saturated rings. The van der Waals surface area contributed by atoms with E-state index in [1.165, 1.54) is 11.8 Å². The van der Waals surface area contributed by atoms with Crippen LogP contribution in [0.15, 0.2) is 71.2 Å². The molecule has 0 aliphatic carbocycles. The Bertz CT molecular complexity index is 1150. The Morgan fingerprint density at radius 3 is 2.63 bits per heavy atom. The van der Waals surface area contributed by atoms with E-state index in [1.54, 1.807) is 23.5 Å². The zero-order valence-electron chi connectivity index (χ0n) is 15.6. The number of rotatable bonds is 7. The summed E-state index contributed by atoms with van der Waals surface area (Å²) in [6.07, 6.45) is 0. The Morgan fingerprint density at radius 1 is 1.07 bits per heavy atom. The summed E-state index contributed by atoms with van der Waals surface area (Å²) in [5.74, 6) is 0.747. The predicted molar refractivity (Wildman–Crippen MR) is 124 cm³/mol. The number of para-hydroxylation sites is 1. The van der Waals surface area contributed by atoms with Crippen molar-refractivity contribution in [2.75, 3.05) is 5.75 Å². The minimum absolute atomic E-state index is 0.0675. The normalized spacial score (nSPS) is 10.9. The van der Waals surface area contributed by atoms with Crippen LogP contribution in [0.1, 0.15) is 4.88 Å². The van der Waals surface area contributed by atoms with Crippen molar-refractivity contribution in [1.29, 1.82) is 0 Å². The molecule has 5 nitrogen and oxygen atoms in total. The fourth-order valence-corrected chi connectivity index (χ4v) is 4.72. The first-order valence-corrected chi connectivity index (χ1v) is 11.6. The first-order valence-electron chi connectivity index (χ1n) is 9.00. The van der Waals surface area contributed by atoms with Crippen LogP contribution in [0, 0.1) is 0 Å². The van der Waals surface area contributed by atoms with Gasteiger partial charge in [-0.25, -0.2) is 0 Å². The number of nitrogens with one attached hydrogen (secondary N) is 1. The number of benzene rings is 2. The molecular weight excluding hydrogens is 459 g/mol. The average molecular weight is 475 g/mol. The quantitative estimate of drug-likeness (QED) is 0.348. The summed E-state index contributed by atoms with van der Waals surface area (Å²) in [6, 6.07) is 18.9. The summed E-state index contributed by atoms with van der Waals surface area (Å²) < 4.78 is 1.90. The van der Waals surface area contributed by atoms with Crippen molar-refractivity contribution in [1.82, 2.24) is 20.1 Å². The smallest absolute Gasteiger partial charge is 0.230 e. The molecule has 0 spiro atoms. The summed E-state index contributed by atoms with van der Waals surface area (Å²) in [5.41, 5.74) is 1.59. The maximum atomic E-state index is 12.3. The minimum atomic E-state index is -0.0675. The summed E-state index contributed by atoms with van der Waals surface area (Å²) in [5, 5.41) is 15.2. The largest absolute Gasteiger partial charge is 0.350 e. The van der Waals surface area contributed by atoms with Crippen LogP contribution < -0.4 is 5.32 Å². The third kappa shape index (κ3) is 4.87. The lowest BCUT2D eigenvalue weighted by atomic mass is 10.2. The molecule has 2 aromatic carbocycles. The molecule has 152 valence electrons. The van der Waals surface area contributed by atoms with Gasteiger partial charge in [0.15, 0.2) is 11.0 Å². The van der Waals surface area contributed by atoms with Gasteiger partial charge in [0, 0.05) is 21.2 Å². The van der Waals surface area contributed by atoms with E-state index in [-0.39, 0.29) is 11.7 Å². The Morgan fingerprint density at radius 2 is 1.90 bits per heavy atom. The molecule has 4 aromatic rings. The molecule has 1 N–H and O–H groups in total. The lowest BCUT2D eigenvalue weighted by Gasteiger charge is -2.11. The first kappa shape index (κ1) is 20.9. The second-order valence-corrected chi connectivity index (χ2v) is 9.06. The average Bonchev–Trinajstić information content (AvgIpc) is 3.41. The number of aromatic nitrogens is 3. The molecule has 4 rings (SSSR count). The number of amides is 1. The maximum Gasteiger partial charge on any atom is 0.230 e. The third-order valence-corrected chi connectivity index (χ3v) is 6.55. The van der Waals surface area contributed by atoms with Crippen molar-refractivity contribution in [3.63, 3.8) is 0 Å². The molecule has 0 unspecified atom stereocenters. The molecule has 0 radical (unpaired) electrons. The molecule has 0 atom stereocenters. The van der Waals surface area contributed by atoms with E-state index in [1.807, 2.05) is 58.5 Å². The van der Waals surface area contributed by atoms with Gasteiger partial charge in [0.1, 0.15) is 0 Å². The fraction of sp³-hybridized carbons (Fsp3) is 0.0952. The zero-order chi connectivity index (χ0) is 20.9. The maximum absolute atomic E-state index is 12.3. The highest BCUT2D eigenvalue weighted by Gasteiger charge is 2.19. The predicted octanol–water partition coefficient (Wildman–Crippen LogP) is 5.71. The van der Waals surface area contributed by atoms with E-state index >= 15 is 0 Å². The highest BCUT2D eigenvalue weighted by atomic mass is 35.5. The van der Waals surface area contributed by atoms with E-state index < -0.39 is 0 Å². The van der Waals surface area contributed by atoms with Crippen LogP contribution in [0.25, 0.3) is 17.1 Å². The summed E-state index contributed by atoms with van der Waals surface area (Å²) in [4.78, 5) is 13.4. The number of halogens is 2.